The monoisotopic (exact) mass is 370 g/mol. The zero-order valence-corrected chi connectivity index (χ0v) is 13.8. The predicted molar refractivity (Wildman–Crippen MR) is 88.2 cm³/mol. The molecule has 1 N–H and O–H groups in total. The first-order chi connectivity index (χ1) is 9.22. The molecule has 1 aliphatic heterocycles. The van der Waals surface area contributed by atoms with Gasteiger partial charge in [0.1, 0.15) is 0 Å². The van der Waals surface area contributed by atoms with Crippen LogP contribution in [0.1, 0.15) is 31.7 Å². The van der Waals surface area contributed by atoms with Crippen LogP contribution in [0.15, 0.2) is 24.3 Å². The van der Waals surface area contributed by atoms with E-state index in [0.717, 1.165) is 18.5 Å². The summed E-state index contributed by atoms with van der Waals surface area (Å²) in [7, 11) is 0. The van der Waals surface area contributed by atoms with Gasteiger partial charge in [0.15, 0.2) is 0 Å². The van der Waals surface area contributed by atoms with Crippen molar-refractivity contribution in [2.75, 3.05) is 13.1 Å². The van der Waals surface area contributed by atoms with Crippen LogP contribution in [0.25, 0.3) is 0 Å². The van der Waals surface area contributed by atoms with E-state index in [2.05, 4.69) is 64.0 Å². The van der Waals surface area contributed by atoms with Crippen molar-refractivity contribution in [3.05, 3.63) is 33.4 Å². The number of halogens is 1. The van der Waals surface area contributed by atoms with Crippen LogP contribution in [0.2, 0.25) is 0 Å². The number of rotatable bonds is 3. The minimum atomic E-state index is 0.690. The summed E-state index contributed by atoms with van der Waals surface area (Å²) in [6.45, 7) is 5.88. The van der Waals surface area contributed by atoms with Crippen molar-refractivity contribution in [2.45, 2.75) is 44.8 Å². The van der Waals surface area contributed by atoms with Gasteiger partial charge in [-0.3, -0.25) is 4.90 Å². The third kappa shape index (κ3) is 3.70. The van der Waals surface area contributed by atoms with Gasteiger partial charge in [-0.05, 0) is 78.9 Å². The normalized spacial score (nSPS) is 29.2. The standard InChI is InChI=1S/C16H23IN2/c1-12-8-9-18-16(14-4-5-14)11-19(12)10-13-2-6-15(17)7-3-13/h2-3,6-7,12,14,16,18H,4-5,8-11H2,1H3. The lowest BCUT2D eigenvalue weighted by atomic mass is 10.1. The molecule has 0 amide bonds. The van der Waals surface area contributed by atoms with E-state index >= 15 is 0 Å². The molecule has 0 radical (unpaired) electrons. The number of hydrogen-bond acceptors (Lipinski definition) is 2. The fraction of sp³-hybridized carbons (Fsp3) is 0.625. The van der Waals surface area contributed by atoms with Crippen molar-refractivity contribution in [3.8, 4) is 0 Å². The van der Waals surface area contributed by atoms with E-state index in [1.165, 1.54) is 41.5 Å². The topological polar surface area (TPSA) is 15.3 Å². The fourth-order valence-corrected chi connectivity index (χ4v) is 3.38. The van der Waals surface area contributed by atoms with Gasteiger partial charge in [-0.15, -0.1) is 0 Å². The molecule has 1 saturated heterocycles. The Morgan fingerprint density at radius 1 is 1.21 bits per heavy atom. The molecule has 19 heavy (non-hydrogen) atoms. The minimum absolute atomic E-state index is 0.690. The largest absolute Gasteiger partial charge is 0.312 e. The summed E-state index contributed by atoms with van der Waals surface area (Å²) in [6.07, 6.45) is 4.14. The van der Waals surface area contributed by atoms with Crippen LogP contribution in [0.4, 0.5) is 0 Å². The molecular weight excluding hydrogens is 347 g/mol. The fourth-order valence-electron chi connectivity index (χ4n) is 3.02. The predicted octanol–water partition coefficient (Wildman–Crippen LogP) is 3.25. The lowest BCUT2D eigenvalue weighted by Crippen LogP contribution is -2.40. The maximum Gasteiger partial charge on any atom is 0.0237 e. The maximum atomic E-state index is 3.76. The van der Waals surface area contributed by atoms with Gasteiger partial charge in [0.2, 0.25) is 0 Å². The van der Waals surface area contributed by atoms with Crippen molar-refractivity contribution < 1.29 is 0 Å². The summed E-state index contributed by atoms with van der Waals surface area (Å²) < 4.78 is 1.32. The number of nitrogens with zero attached hydrogens (tertiary/aromatic N) is 1. The van der Waals surface area contributed by atoms with Gasteiger partial charge >= 0.3 is 0 Å². The molecule has 1 saturated carbocycles. The van der Waals surface area contributed by atoms with E-state index in [0.29, 0.717) is 6.04 Å². The molecule has 2 unspecified atom stereocenters. The molecule has 1 heterocycles. The summed E-state index contributed by atoms with van der Waals surface area (Å²) in [5, 5.41) is 3.76. The third-order valence-corrected chi connectivity index (χ3v) is 5.23. The van der Waals surface area contributed by atoms with Gasteiger partial charge in [-0.2, -0.15) is 0 Å². The number of benzene rings is 1. The van der Waals surface area contributed by atoms with Crippen molar-refractivity contribution in [1.29, 1.82) is 0 Å². The second-order valence-electron chi connectivity index (χ2n) is 6.09. The SMILES string of the molecule is CC1CCNC(C2CC2)CN1Cc1ccc(I)cc1. The summed E-state index contributed by atoms with van der Waals surface area (Å²) >= 11 is 2.37. The molecule has 2 fully saturated rings. The van der Waals surface area contributed by atoms with E-state index in [1.54, 1.807) is 0 Å². The van der Waals surface area contributed by atoms with Crippen LogP contribution in [0, 0.1) is 9.49 Å². The molecule has 1 aliphatic carbocycles. The van der Waals surface area contributed by atoms with Crippen LogP contribution in [-0.4, -0.2) is 30.1 Å². The molecule has 3 rings (SSSR count). The van der Waals surface area contributed by atoms with Crippen LogP contribution >= 0.6 is 22.6 Å². The third-order valence-electron chi connectivity index (χ3n) is 4.51. The first kappa shape index (κ1) is 13.8. The summed E-state index contributed by atoms with van der Waals surface area (Å²) in [4.78, 5) is 2.67. The first-order valence-corrected chi connectivity index (χ1v) is 8.52. The zero-order valence-electron chi connectivity index (χ0n) is 11.6. The Labute approximate surface area is 130 Å². The molecule has 2 atom stereocenters. The lowest BCUT2D eigenvalue weighted by molar-refractivity contribution is 0.190. The van der Waals surface area contributed by atoms with Gasteiger partial charge in [0.05, 0.1) is 0 Å². The molecule has 0 aromatic heterocycles. The number of hydrogen-bond donors (Lipinski definition) is 1. The molecule has 0 bridgehead atoms. The van der Waals surface area contributed by atoms with Gasteiger partial charge in [-0.1, -0.05) is 12.1 Å². The second-order valence-corrected chi connectivity index (χ2v) is 7.34. The van der Waals surface area contributed by atoms with E-state index in [-0.39, 0.29) is 0 Å². The first-order valence-electron chi connectivity index (χ1n) is 7.44. The van der Waals surface area contributed by atoms with Crippen LogP contribution in [0.3, 0.4) is 0 Å². The van der Waals surface area contributed by atoms with Gasteiger partial charge in [0, 0.05) is 28.7 Å². The highest BCUT2D eigenvalue weighted by molar-refractivity contribution is 14.1. The smallest absolute Gasteiger partial charge is 0.0237 e. The van der Waals surface area contributed by atoms with E-state index in [4.69, 9.17) is 0 Å². The van der Waals surface area contributed by atoms with Crippen LogP contribution in [-0.2, 0) is 6.54 Å². The Morgan fingerprint density at radius 3 is 2.63 bits per heavy atom. The minimum Gasteiger partial charge on any atom is -0.312 e. The van der Waals surface area contributed by atoms with Crippen molar-refractivity contribution in [1.82, 2.24) is 10.2 Å². The molecule has 2 aliphatic rings. The van der Waals surface area contributed by atoms with Crippen LogP contribution in [0.5, 0.6) is 0 Å². The van der Waals surface area contributed by atoms with Crippen molar-refractivity contribution >= 4 is 22.6 Å². The van der Waals surface area contributed by atoms with Gasteiger partial charge in [0.25, 0.3) is 0 Å². The summed E-state index contributed by atoms with van der Waals surface area (Å²) in [5.74, 6) is 0.949. The van der Waals surface area contributed by atoms with E-state index in [1.807, 2.05) is 0 Å². The maximum absolute atomic E-state index is 3.76. The Kier molecular flexibility index (Phi) is 4.44. The molecular formula is C16H23IN2. The van der Waals surface area contributed by atoms with E-state index in [9.17, 15) is 0 Å². The van der Waals surface area contributed by atoms with Gasteiger partial charge < -0.3 is 5.32 Å². The Balaban J connectivity index is 1.67. The van der Waals surface area contributed by atoms with Crippen molar-refractivity contribution in [2.24, 2.45) is 5.92 Å². The molecule has 104 valence electrons. The van der Waals surface area contributed by atoms with E-state index < -0.39 is 0 Å². The summed E-state index contributed by atoms with van der Waals surface area (Å²) in [5.41, 5.74) is 1.45. The Bertz CT molecular complexity index is 413. The molecule has 2 nitrogen and oxygen atoms in total. The second kappa shape index (κ2) is 6.10. The quantitative estimate of drug-likeness (QED) is 0.822. The highest BCUT2D eigenvalue weighted by atomic mass is 127. The Hall–Kier alpha value is -0.130. The van der Waals surface area contributed by atoms with Gasteiger partial charge in [-0.25, -0.2) is 0 Å². The lowest BCUT2D eigenvalue weighted by Gasteiger charge is -2.29. The van der Waals surface area contributed by atoms with Crippen molar-refractivity contribution in [3.63, 3.8) is 0 Å². The average molecular weight is 370 g/mol. The highest BCUT2D eigenvalue weighted by Crippen LogP contribution is 2.34. The average Bonchev–Trinajstić information content (AvgIpc) is 3.22. The highest BCUT2D eigenvalue weighted by Gasteiger charge is 2.34. The molecule has 0 spiro atoms. The molecule has 1 aromatic rings. The van der Waals surface area contributed by atoms with Crippen LogP contribution < -0.4 is 5.32 Å². The Morgan fingerprint density at radius 2 is 1.95 bits per heavy atom. The molecule has 3 heteroatoms. The number of nitrogens with one attached hydrogen (secondary N) is 1. The zero-order chi connectivity index (χ0) is 13.2. The molecule has 1 aromatic carbocycles. The summed E-state index contributed by atoms with van der Waals surface area (Å²) in [6, 6.07) is 10.4.